The number of ether oxygens (including phenoxy) is 4. The van der Waals surface area contributed by atoms with Gasteiger partial charge in [-0.2, -0.15) is 4.98 Å². The number of nitrogens with two attached hydrogens (primary N) is 1. The fraction of sp³-hybridized carbons (Fsp3) is 0.607. The Bertz CT molecular complexity index is 5770. The minimum atomic E-state index is -0.909. The van der Waals surface area contributed by atoms with Crippen LogP contribution in [-0.2, 0) is 59.1 Å². The largest absolute Gasteiger partial charge is 0.508 e. The average molecular weight is 1890 g/mol. The summed E-state index contributed by atoms with van der Waals surface area (Å²) in [6, 6.07) is 31.6. The van der Waals surface area contributed by atoms with Gasteiger partial charge in [-0.25, -0.2) is 4.98 Å². The van der Waals surface area contributed by atoms with Crippen molar-refractivity contribution in [1.82, 2.24) is 44.1 Å². The maximum Gasteiger partial charge on any atom is 0.280 e. The lowest BCUT2D eigenvalue weighted by Gasteiger charge is -2.75. The number of likely N-dealkylation sites (N-methyl/N-ethyl adjacent to an activating group) is 1. The number of aromatic hydroxyl groups is 4. The van der Waals surface area contributed by atoms with Crippen LogP contribution in [0.25, 0.3) is 16.7 Å². The first-order chi connectivity index (χ1) is 65.6. The monoisotopic (exact) mass is 1890 g/mol. The third-order valence-electron chi connectivity index (χ3n) is 36.7. The van der Waals surface area contributed by atoms with Gasteiger partial charge in [0.15, 0.2) is 34.2 Å². The van der Waals surface area contributed by atoms with Crippen LogP contribution in [0.2, 0.25) is 0 Å². The highest BCUT2D eigenvalue weighted by Crippen LogP contribution is 2.79. The highest BCUT2D eigenvalue weighted by Gasteiger charge is 2.83. The number of methoxy groups -OCH3 is 1. The molecule has 24 nitrogen and oxygen atoms in total. The average Bonchev–Trinajstić information content (AvgIpc) is 1.52. The number of aliphatic hydroxyl groups is 5. The molecule has 21 atom stereocenters. The van der Waals surface area contributed by atoms with Gasteiger partial charge in [-0.1, -0.05) is 134 Å². The van der Waals surface area contributed by atoms with Crippen LogP contribution in [0.5, 0.6) is 34.5 Å². The number of aromatic nitrogens is 5. The number of nitrogen functional groups attached to an aromatic ring is 1. The molecule has 0 radical (unpaired) electrons. The van der Waals surface area contributed by atoms with Crippen LogP contribution in [0.15, 0.2) is 150 Å². The molecule has 0 amide bonds. The Morgan fingerprint density at radius 1 is 0.774 bits per heavy atom. The molecule has 0 unspecified atom stereocenters. The quantitative estimate of drug-likeness (QED) is 0.0298. The summed E-state index contributed by atoms with van der Waals surface area (Å²) in [4.78, 5) is 37.6. The van der Waals surface area contributed by atoms with E-state index in [1.54, 1.807) is 23.3 Å². The number of pyridine rings is 1. The fourth-order valence-electron chi connectivity index (χ4n) is 29.4. The Balaban J connectivity index is 0.000000111. The van der Waals surface area contributed by atoms with Crippen molar-refractivity contribution < 1.29 is 64.9 Å². The molecule has 12 N–H and O–H groups in total. The SMILES string of the molecule is CCCN(CCc1cccs1)[C@H]1CCc2c(O)cccc2C1.CC[C@@H](c1cccc(O)c1)[C@@H](C)CN(C)C.CN1CC[C@]23c4c5ccc(O)c4O[C@H]2[C@@H](O)C=C[C@H]3[C@H]1C5.CO[C@@]12CC[C@@]3(C[C@@H]1[C@](C)(O)C(C)(C)C)[C@H]1Cc4ccc(O)c5c4[C@@]3(CCN1CC1CC1)[C@H]2O5.C[C@]12CC[C@H](O)CC1=CC[C@@H]1[C@@H]2CC[C@]2(C)C(c3cccnc3)=CC[C@@H]12.Nc1nc2c(ncn2COC(CO)CO)c(=O)[nH]1. The van der Waals surface area contributed by atoms with Crippen molar-refractivity contribution in [3.05, 3.63) is 205 Å². The number of rotatable bonds is 21. The predicted molar refractivity (Wildman–Crippen MR) is 537 cm³/mol. The number of phenolic OH excluding ortho intramolecular Hbond substituents is 4. The normalized spacial score (nSPS) is 31.9. The second-order valence-electron chi connectivity index (χ2n) is 45.1. The van der Waals surface area contributed by atoms with Crippen molar-refractivity contribution in [2.45, 2.75) is 287 Å². The zero-order valence-electron chi connectivity index (χ0n) is 83.1. The Hall–Kier alpha value is -8.54. The van der Waals surface area contributed by atoms with Crippen molar-refractivity contribution in [2.75, 3.05) is 86.5 Å². The lowest BCUT2D eigenvalue weighted by atomic mass is 9.33. The fourth-order valence-corrected chi connectivity index (χ4v) is 30.1. The van der Waals surface area contributed by atoms with Crippen molar-refractivity contribution in [3.8, 4) is 34.5 Å². The van der Waals surface area contributed by atoms with E-state index in [1.807, 2.05) is 80.2 Å². The van der Waals surface area contributed by atoms with Gasteiger partial charge >= 0.3 is 0 Å². The van der Waals surface area contributed by atoms with Crippen LogP contribution in [-0.4, -0.2) is 231 Å². The molecule has 740 valence electrons. The van der Waals surface area contributed by atoms with Crippen LogP contribution < -0.4 is 20.8 Å². The molecule has 137 heavy (non-hydrogen) atoms. The summed E-state index contributed by atoms with van der Waals surface area (Å²) >= 11 is 1.86. The molecule has 4 aliphatic heterocycles. The van der Waals surface area contributed by atoms with Gasteiger partial charge in [0.1, 0.15) is 48.2 Å². The molecule has 4 aromatic carbocycles. The number of nitrogens with one attached hydrogen (secondary N) is 1. The topological polar surface area (TPSA) is 334 Å². The van der Waals surface area contributed by atoms with Gasteiger partial charge in [0.2, 0.25) is 5.95 Å². The van der Waals surface area contributed by atoms with E-state index < -0.39 is 29.0 Å². The second-order valence-corrected chi connectivity index (χ2v) is 46.1. The summed E-state index contributed by atoms with van der Waals surface area (Å²) in [5.74, 6) is 7.30. The third-order valence-corrected chi connectivity index (χ3v) is 37.7. The number of hydrogen-bond donors (Lipinski definition) is 11. The number of H-pyrrole nitrogens is 1. The van der Waals surface area contributed by atoms with E-state index in [2.05, 4.69) is 182 Å². The molecule has 8 aromatic rings. The summed E-state index contributed by atoms with van der Waals surface area (Å²) < 4.78 is 26.2. The molecule has 24 rings (SSSR count). The molecule has 2 saturated heterocycles. The lowest BCUT2D eigenvalue weighted by Crippen LogP contribution is -2.83. The molecule has 16 aliphatic rings. The van der Waals surface area contributed by atoms with Crippen molar-refractivity contribution in [3.63, 3.8) is 0 Å². The summed E-state index contributed by atoms with van der Waals surface area (Å²) in [6.07, 6.45) is 37.2. The highest BCUT2D eigenvalue weighted by molar-refractivity contribution is 7.09. The second kappa shape index (κ2) is 39.1. The van der Waals surface area contributed by atoms with Crippen molar-refractivity contribution in [1.29, 1.82) is 0 Å². The van der Waals surface area contributed by atoms with E-state index in [0.717, 1.165) is 140 Å². The maximum atomic E-state index is 12.2. The maximum absolute atomic E-state index is 12.2. The van der Waals surface area contributed by atoms with E-state index in [4.69, 9.17) is 34.9 Å². The Kier molecular flexibility index (Phi) is 28.1. The predicted octanol–water partition coefficient (Wildman–Crippen LogP) is 16.4. The molecular formula is C112H152N10O14S. The standard InChI is InChI=1S/C29H41NO4.C24H31NO.C19H25NOS.C17H19NO3.C14H23NO.C9H13N5O4/c1-25(2,3)26(4,32)20-15-27-10-11-29(20,33-5)24-28(27)12-13-30(16-17-6-7-17)21(27)14-18-8-9-19(31)23(34-24)22(18)28;1-23-11-9-18(26)14-17(23)5-6-19-21-8-7-20(16-4-3-13-25-15-16)24(21,2)12-10-22(19)23;1-2-11-20(12-10-17-6-4-13-22-17)16-8-9-18-15(14-16)5-3-7-19(18)21;1-18-7-6-17-10-3-5-13(20)16(17)21-15-12(19)4-2-9(14(15)17)8-11(10)18;1-5-14(11(2)10-15(3)4)12-7-6-8-13(16)9-12;10-9-12-7-6(8(17)13-9)11-3-14(7)4-18-5(1-15)2-16/h8-9,17,20-21,24,31-32H,6-7,10-16H2,1-5H3;3-5,7,13,15,18-19,21-22,26H,6,8-12,14H2,1-2H3;3-7,13,16,21H,2,8-12,14H2,1H3;2-5,10-11,13,16,19-20H,6-8H2,1H3;6-9,11,14,16H,5,10H2,1-4H3;3,5,15-16H,1-2,4H2,(H3,10,12,13,17)/t20-,21-,24-,26+,27-,28+,29+;18-,19-,21-,22-,23-,24+;16-;10-,11+,13-,16-,17-;11-,14+;/m10000./s1. The van der Waals surface area contributed by atoms with E-state index in [-0.39, 0.29) is 94.4 Å². The first-order valence-corrected chi connectivity index (χ1v) is 52.2. The first kappa shape index (κ1) is 98.6. The number of piperidine rings is 2. The Morgan fingerprint density at radius 2 is 1.53 bits per heavy atom. The van der Waals surface area contributed by atoms with Crippen LogP contribution in [0.3, 0.4) is 0 Å². The minimum absolute atomic E-state index is 0.00181. The van der Waals surface area contributed by atoms with E-state index in [9.17, 15) is 40.5 Å². The minimum Gasteiger partial charge on any atom is -0.508 e. The number of benzene rings is 4. The number of nitrogens with zero attached hydrogens (tertiary/aromatic N) is 8. The van der Waals surface area contributed by atoms with Gasteiger partial charge in [0.25, 0.3) is 5.56 Å². The first-order valence-electron chi connectivity index (χ1n) is 51.3. The van der Waals surface area contributed by atoms with E-state index >= 15 is 0 Å². The lowest BCUT2D eigenvalue weighted by molar-refractivity contribution is -0.312. The number of imidazole rings is 1. The molecule has 6 bridgehead atoms. The Labute approximate surface area is 813 Å². The van der Waals surface area contributed by atoms with Crippen LogP contribution >= 0.6 is 11.3 Å². The molecule has 25 heteroatoms. The van der Waals surface area contributed by atoms with Gasteiger partial charge in [0.05, 0.1) is 31.2 Å². The van der Waals surface area contributed by atoms with Gasteiger partial charge in [-0.15, -0.1) is 11.3 Å². The van der Waals surface area contributed by atoms with E-state index in [1.165, 1.54) is 125 Å². The summed E-state index contributed by atoms with van der Waals surface area (Å²) in [6.45, 7) is 26.4. The number of fused-ring (bicyclic) bond motifs is 9. The summed E-state index contributed by atoms with van der Waals surface area (Å²) in [7, 11) is 8.22. The number of aliphatic hydroxyl groups excluding tert-OH is 4. The van der Waals surface area contributed by atoms with Gasteiger partial charge in [0, 0.05) is 101 Å². The molecule has 6 saturated carbocycles. The van der Waals surface area contributed by atoms with Crippen molar-refractivity contribution >= 4 is 34.0 Å². The molecule has 8 heterocycles. The van der Waals surface area contributed by atoms with Gasteiger partial charge in [-0.3, -0.25) is 29.1 Å². The smallest absolute Gasteiger partial charge is 0.280 e. The van der Waals surface area contributed by atoms with Crippen molar-refractivity contribution in [2.24, 2.45) is 63.1 Å². The van der Waals surface area contributed by atoms with Gasteiger partial charge in [-0.05, 0) is 328 Å². The zero-order chi connectivity index (χ0) is 96.8. The van der Waals surface area contributed by atoms with Crippen LogP contribution in [0.1, 0.15) is 227 Å². The summed E-state index contributed by atoms with van der Waals surface area (Å²) in [5, 5.41) is 93.4. The van der Waals surface area contributed by atoms with Gasteiger partial charge < -0.3 is 80.4 Å². The number of hydrogen-bond acceptors (Lipinski definition) is 23. The third kappa shape index (κ3) is 17.5. The highest BCUT2D eigenvalue weighted by atomic mass is 32.1. The molecular weight excluding hydrogens is 1740 g/mol. The molecule has 3 spiro atoms. The zero-order valence-corrected chi connectivity index (χ0v) is 83.9. The van der Waals surface area contributed by atoms with Crippen LogP contribution in [0, 0.1) is 63.1 Å². The van der Waals surface area contributed by atoms with E-state index in [0.29, 0.717) is 69.7 Å². The number of anilines is 1. The number of likely N-dealkylation sites (tertiary alicyclic amines) is 2. The molecule has 8 fully saturated rings. The Morgan fingerprint density at radius 3 is 2.23 bits per heavy atom. The number of phenols is 4. The number of allylic oxidation sites excluding steroid dienone is 3. The number of thiophene rings is 1. The molecule has 12 aliphatic carbocycles. The summed E-state index contributed by atoms with van der Waals surface area (Å²) in [5.41, 5.74) is 17.4. The molecule has 4 aromatic heterocycles. The number of aromatic amines is 1. The van der Waals surface area contributed by atoms with Crippen LogP contribution in [0.4, 0.5) is 5.95 Å².